The Balaban J connectivity index is 0.970. The average molecular weight is 936 g/mol. The third kappa shape index (κ3) is 8.68. The Labute approximate surface area is 428 Å². The molecule has 0 heterocycles. The number of fused-ring (bicyclic) bond motifs is 2. The van der Waals surface area contributed by atoms with Crippen LogP contribution in [-0.4, -0.2) is 0 Å². The van der Waals surface area contributed by atoms with E-state index in [2.05, 4.69) is 314 Å². The molecule has 12 aromatic carbocycles. The van der Waals surface area contributed by atoms with Gasteiger partial charge in [0.05, 0.1) is 11.4 Å². The monoisotopic (exact) mass is 935 g/mol. The highest BCUT2D eigenvalue weighted by Gasteiger charge is 2.24. The summed E-state index contributed by atoms with van der Waals surface area (Å²) < 4.78 is 0. The highest BCUT2D eigenvalue weighted by atomic mass is 15.2. The Morgan fingerprint density at radius 1 is 0.205 bits per heavy atom. The van der Waals surface area contributed by atoms with Crippen LogP contribution in [0.2, 0.25) is 0 Å². The van der Waals surface area contributed by atoms with E-state index in [0.717, 1.165) is 51.2 Å². The maximum Gasteiger partial charge on any atom is 0.0543 e. The van der Waals surface area contributed by atoms with Gasteiger partial charge in [-0.15, -0.1) is 0 Å². The lowest BCUT2D eigenvalue weighted by Crippen LogP contribution is -2.13. The minimum absolute atomic E-state index is 1.08. The van der Waals surface area contributed by atoms with Gasteiger partial charge in [-0.3, -0.25) is 0 Å². The standard InChI is InChI=1S/C70H53N3/c1-50-47-67(72(58-31-14-6-15-32-58)61-41-39-53(40-42-61)55-26-22-25-54(49-55)52-23-8-3-9-24-52)63-35-18-20-37-65(63)69(50)70-51(2)48-68(64-36-19-21-38-66(64)70)73(59-33-16-7-17-34-59)62-45-43-60(44-46-62)71(56-27-10-4-11-28-56)57-29-12-5-13-30-57/h3-49H,1-2H3. The first-order valence-corrected chi connectivity index (χ1v) is 25.1. The van der Waals surface area contributed by atoms with E-state index < -0.39 is 0 Å². The normalized spacial score (nSPS) is 11.2. The zero-order chi connectivity index (χ0) is 49.1. The Kier molecular flexibility index (Phi) is 12.1. The minimum atomic E-state index is 1.08. The molecule has 0 aromatic heterocycles. The van der Waals surface area contributed by atoms with Gasteiger partial charge in [-0.05, 0) is 172 Å². The maximum atomic E-state index is 2.42. The van der Waals surface area contributed by atoms with Crippen molar-refractivity contribution in [3.05, 3.63) is 296 Å². The van der Waals surface area contributed by atoms with Crippen LogP contribution in [0.1, 0.15) is 11.1 Å². The third-order valence-corrected chi connectivity index (χ3v) is 14.0. The minimum Gasteiger partial charge on any atom is -0.311 e. The first-order chi connectivity index (χ1) is 36.1. The van der Waals surface area contributed by atoms with Crippen molar-refractivity contribution in [3.63, 3.8) is 0 Å². The number of nitrogens with zero attached hydrogens (tertiary/aromatic N) is 3. The van der Waals surface area contributed by atoms with Gasteiger partial charge in [-0.1, -0.05) is 182 Å². The lowest BCUT2D eigenvalue weighted by molar-refractivity contribution is 1.26. The van der Waals surface area contributed by atoms with Gasteiger partial charge in [0.1, 0.15) is 0 Å². The molecule has 0 bridgehead atoms. The molecule has 0 unspecified atom stereocenters. The second kappa shape index (κ2) is 19.8. The van der Waals surface area contributed by atoms with Crippen LogP contribution in [0.5, 0.6) is 0 Å². The van der Waals surface area contributed by atoms with Crippen molar-refractivity contribution in [2.75, 3.05) is 14.7 Å². The van der Waals surface area contributed by atoms with Gasteiger partial charge < -0.3 is 14.7 Å². The molecule has 0 amide bonds. The van der Waals surface area contributed by atoms with E-state index in [4.69, 9.17) is 0 Å². The predicted molar refractivity (Wildman–Crippen MR) is 311 cm³/mol. The van der Waals surface area contributed by atoms with Crippen LogP contribution in [0.25, 0.3) is 54.9 Å². The van der Waals surface area contributed by atoms with Crippen LogP contribution in [0, 0.1) is 13.8 Å². The Hall–Kier alpha value is -9.44. The molecular weight excluding hydrogens is 883 g/mol. The lowest BCUT2D eigenvalue weighted by Gasteiger charge is -2.30. The molecule has 0 aliphatic carbocycles. The predicted octanol–water partition coefficient (Wildman–Crippen LogP) is 20.0. The van der Waals surface area contributed by atoms with Gasteiger partial charge in [0, 0.05) is 50.6 Å². The fraction of sp³-hybridized carbons (Fsp3) is 0.0286. The van der Waals surface area contributed by atoms with Crippen LogP contribution >= 0.6 is 0 Å². The van der Waals surface area contributed by atoms with E-state index in [9.17, 15) is 0 Å². The Bertz CT molecular complexity index is 3800. The molecule has 0 saturated heterocycles. The molecule has 0 atom stereocenters. The molecule has 73 heavy (non-hydrogen) atoms. The van der Waals surface area contributed by atoms with Crippen molar-refractivity contribution in [3.8, 4) is 33.4 Å². The molecular formula is C70H53N3. The molecule has 0 saturated carbocycles. The van der Waals surface area contributed by atoms with Crippen molar-refractivity contribution < 1.29 is 0 Å². The number of rotatable bonds is 12. The Morgan fingerprint density at radius 2 is 0.479 bits per heavy atom. The van der Waals surface area contributed by atoms with Crippen molar-refractivity contribution in [1.82, 2.24) is 0 Å². The second-order valence-electron chi connectivity index (χ2n) is 18.6. The molecule has 0 N–H and O–H groups in total. The van der Waals surface area contributed by atoms with E-state index in [-0.39, 0.29) is 0 Å². The van der Waals surface area contributed by atoms with Crippen LogP contribution < -0.4 is 14.7 Å². The van der Waals surface area contributed by atoms with Crippen molar-refractivity contribution >= 4 is 72.7 Å². The van der Waals surface area contributed by atoms with E-state index in [1.807, 2.05) is 0 Å². The van der Waals surface area contributed by atoms with E-state index >= 15 is 0 Å². The Morgan fingerprint density at radius 3 is 0.877 bits per heavy atom. The molecule has 0 radical (unpaired) electrons. The van der Waals surface area contributed by atoms with Crippen molar-refractivity contribution in [2.24, 2.45) is 0 Å². The van der Waals surface area contributed by atoms with Crippen molar-refractivity contribution in [1.29, 1.82) is 0 Å². The summed E-state index contributed by atoms with van der Waals surface area (Å²) in [6.07, 6.45) is 0. The van der Waals surface area contributed by atoms with Crippen LogP contribution in [0.15, 0.2) is 285 Å². The number of para-hydroxylation sites is 4. The van der Waals surface area contributed by atoms with Crippen LogP contribution in [0.4, 0.5) is 51.2 Å². The smallest absolute Gasteiger partial charge is 0.0543 e. The highest BCUT2D eigenvalue weighted by molar-refractivity contribution is 6.15. The SMILES string of the molecule is Cc1cc(N(c2ccccc2)c2ccc(-c3cccc(-c4ccccc4)c3)cc2)c2ccccc2c1-c1c(C)cc(N(c2ccccc2)c2ccc(N(c3ccccc3)c3ccccc3)cc2)c2ccccc12. The summed E-state index contributed by atoms with van der Waals surface area (Å²) in [6, 6.07) is 103. The molecule has 0 aliphatic heterocycles. The molecule has 12 rings (SSSR count). The van der Waals surface area contributed by atoms with Gasteiger partial charge >= 0.3 is 0 Å². The van der Waals surface area contributed by atoms with Crippen LogP contribution in [-0.2, 0) is 0 Å². The second-order valence-corrected chi connectivity index (χ2v) is 18.6. The van der Waals surface area contributed by atoms with Gasteiger partial charge in [0.2, 0.25) is 0 Å². The molecule has 12 aromatic rings. The molecule has 3 nitrogen and oxygen atoms in total. The van der Waals surface area contributed by atoms with Gasteiger partial charge in [0.15, 0.2) is 0 Å². The summed E-state index contributed by atoms with van der Waals surface area (Å²) in [6.45, 7) is 4.57. The maximum absolute atomic E-state index is 2.42. The fourth-order valence-corrected chi connectivity index (χ4v) is 10.7. The zero-order valence-electron chi connectivity index (χ0n) is 41.0. The summed E-state index contributed by atoms with van der Waals surface area (Å²) in [5.41, 5.74) is 19.6. The van der Waals surface area contributed by atoms with Gasteiger partial charge in [-0.25, -0.2) is 0 Å². The first-order valence-electron chi connectivity index (χ1n) is 25.1. The van der Waals surface area contributed by atoms with Crippen LogP contribution in [0.3, 0.4) is 0 Å². The zero-order valence-corrected chi connectivity index (χ0v) is 41.0. The largest absolute Gasteiger partial charge is 0.311 e. The fourth-order valence-electron chi connectivity index (χ4n) is 10.7. The molecule has 0 fully saturated rings. The summed E-state index contributed by atoms with van der Waals surface area (Å²) in [7, 11) is 0. The third-order valence-electron chi connectivity index (χ3n) is 14.0. The van der Waals surface area contributed by atoms with Crippen molar-refractivity contribution in [2.45, 2.75) is 13.8 Å². The molecule has 0 aliphatic rings. The van der Waals surface area contributed by atoms with E-state index in [1.165, 1.54) is 66.1 Å². The summed E-state index contributed by atoms with van der Waals surface area (Å²) in [5.74, 6) is 0. The average Bonchev–Trinajstić information content (AvgIpc) is 3.46. The van der Waals surface area contributed by atoms with Gasteiger partial charge in [0.25, 0.3) is 0 Å². The number of hydrogen-bond donors (Lipinski definition) is 0. The topological polar surface area (TPSA) is 9.72 Å². The number of anilines is 9. The van der Waals surface area contributed by atoms with E-state index in [0.29, 0.717) is 0 Å². The summed E-state index contributed by atoms with van der Waals surface area (Å²) in [5, 5.41) is 4.79. The lowest BCUT2D eigenvalue weighted by atomic mass is 9.86. The number of benzene rings is 12. The summed E-state index contributed by atoms with van der Waals surface area (Å²) in [4.78, 5) is 7.14. The first kappa shape index (κ1) is 44.7. The highest BCUT2D eigenvalue weighted by Crippen LogP contribution is 2.49. The van der Waals surface area contributed by atoms with Gasteiger partial charge in [-0.2, -0.15) is 0 Å². The van der Waals surface area contributed by atoms with E-state index in [1.54, 1.807) is 0 Å². The quantitative estimate of drug-likeness (QED) is 0.121. The number of aryl methyl sites for hydroxylation is 2. The molecule has 348 valence electrons. The molecule has 3 heteroatoms. The molecule has 0 spiro atoms. The summed E-state index contributed by atoms with van der Waals surface area (Å²) >= 11 is 0. The number of hydrogen-bond acceptors (Lipinski definition) is 3.